The average molecular weight is 213 g/mol. The lowest BCUT2D eigenvalue weighted by Crippen LogP contribution is -2.28. The SMILES string of the molecule is Clc1cnc(N2CCCNCC2)cn1. The molecule has 2 rings (SSSR count). The van der Waals surface area contributed by atoms with Crippen molar-refractivity contribution in [2.45, 2.75) is 6.42 Å². The molecule has 0 saturated carbocycles. The first-order valence-corrected chi connectivity index (χ1v) is 5.17. The second kappa shape index (κ2) is 4.57. The van der Waals surface area contributed by atoms with Crippen molar-refractivity contribution in [3.05, 3.63) is 17.5 Å². The third-order valence-corrected chi connectivity index (χ3v) is 2.47. The molecule has 2 heterocycles. The van der Waals surface area contributed by atoms with E-state index in [-0.39, 0.29) is 0 Å². The predicted octanol–water partition coefficient (Wildman–Crippen LogP) is 0.930. The van der Waals surface area contributed by atoms with Gasteiger partial charge in [0.05, 0.1) is 12.4 Å². The highest BCUT2D eigenvalue weighted by atomic mass is 35.5. The molecular formula is C9H13ClN4. The molecule has 1 aromatic heterocycles. The maximum atomic E-state index is 5.68. The summed E-state index contributed by atoms with van der Waals surface area (Å²) in [6, 6.07) is 0. The van der Waals surface area contributed by atoms with Crippen LogP contribution in [0, 0.1) is 0 Å². The summed E-state index contributed by atoms with van der Waals surface area (Å²) < 4.78 is 0. The quantitative estimate of drug-likeness (QED) is 0.752. The van der Waals surface area contributed by atoms with E-state index in [1.54, 1.807) is 12.4 Å². The maximum absolute atomic E-state index is 5.68. The molecule has 1 saturated heterocycles. The van der Waals surface area contributed by atoms with E-state index in [9.17, 15) is 0 Å². The van der Waals surface area contributed by atoms with Gasteiger partial charge in [0, 0.05) is 19.6 Å². The second-order valence-corrected chi connectivity index (χ2v) is 3.68. The molecule has 0 bridgehead atoms. The third-order valence-electron chi connectivity index (χ3n) is 2.27. The van der Waals surface area contributed by atoms with Crippen molar-refractivity contribution in [3.8, 4) is 0 Å². The second-order valence-electron chi connectivity index (χ2n) is 3.29. The molecule has 0 radical (unpaired) electrons. The lowest BCUT2D eigenvalue weighted by molar-refractivity contribution is 0.724. The fourth-order valence-electron chi connectivity index (χ4n) is 1.54. The molecule has 0 aliphatic carbocycles. The Morgan fingerprint density at radius 1 is 1.21 bits per heavy atom. The molecule has 1 fully saturated rings. The Hall–Kier alpha value is -0.870. The van der Waals surface area contributed by atoms with Crippen molar-refractivity contribution in [3.63, 3.8) is 0 Å². The van der Waals surface area contributed by atoms with Gasteiger partial charge in [-0.1, -0.05) is 11.6 Å². The molecule has 0 unspecified atom stereocenters. The van der Waals surface area contributed by atoms with Gasteiger partial charge in [-0.3, -0.25) is 0 Å². The van der Waals surface area contributed by atoms with E-state index in [2.05, 4.69) is 20.2 Å². The van der Waals surface area contributed by atoms with Gasteiger partial charge in [-0.15, -0.1) is 0 Å². The van der Waals surface area contributed by atoms with E-state index in [1.165, 1.54) is 0 Å². The zero-order valence-electron chi connectivity index (χ0n) is 7.91. The number of halogens is 1. The zero-order valence-corrected chi connectivity index (χ0v) is 8.67. The fourth-order valence-corrected chi connectivity index (χ4v) is 1.64. The van der Waals surface area contributed by atoms with Crippen LogP contribution in [0.25, 0.3) is 0 Å². The minimum Gasteiger partial charge on any atom is -0.354 e. The summed E-state index contributed by atoms with van der Waals surface area (Å²) in [5.41, 5.74) is 0. The Morgan fingerprint density at radius 2 is 2.14 bits per heavy atom. The summed E-state index contributed by atoms with van der Waals surface area (Å²) in [7, 11) is 0. The van der Waals surface area contributed by atoms with E-state index >= 15 is 0 Å². The van der Waals surface area contributed by atoms with E-state index in [0.29, 0.717) is 5.15 Å². The van der Waals surface area contributed by atoms with E-state index < -0.39 is 0 Å². The summed E-state index contributed by atoms with van der Waals surface area (Å²) in [6.45, 7) is 4.10. The summed E-state index contributed by atoms with van der Waals surface area (Å²) in [5, 5.41) is 3.79. The topological polar surface area (TPSA) is 41.1 Å². The van der Waals surface area contributed by atoms with Crippen molar-refractivity contribution in [2.24, 2.45) is 0 Å². The number of nitrogens with one attached hydrogen (secondary N) is 1. The van der Waals surface area contributed by atoms with Gasteiger partial charge in [0.25, 0.3) is 0 Å². The first-order valence-electron chi connectivity index (χ1n) is 4.79. The average Bonchev–Trinajstić information content (AvgIpc) is 2.47. The number of anilines is 1. The first-order chi connectivity index (χ1) is 6.86. The first kappa shape index (κ1) is 9.68. The largest absolute Gasteiger partial charge is 0.354 e. The van der Waals surface area contributed by atoms with E-state index in [4.69, 9.17) is 11.6 Å². The molecule has 76 valence electrons. The molecule has 0 amide bonds. The highest BCUT2D eigenvalue weighted by molar-refractivity contribution is 6.29. The van der Waals surface area contributed by atoms with Crippen LogP contribution < -0.4 is 10.2 Å². The number of hydrogen-bond donors (Lipinski definition) is 1. The Labute approximate surface area is 88.3 Å². The van der Waals surface area contributed by atoms with Gasteiger partial charge in [-0.25, -0.2) is 9.97 Å². The molecule has 1 aromatic rings. The normalized spacial score (nSPS) is 17.9. The van der Waals surface area contributed by atoms with Crippen LogP contribution in [0.2, 0.25) is 5.15 Å². The van der Waals surface area contributed by atoms with Crippen LogP contribution in [-0.4, -0.2) is 36.1 Å². The van der Waals surface area contributed by atoms with Gasteiger partial charge >= 0.3 is 0 Å². The zero-order chi connectivity index (χ0) is 9.80. The summed E-state index contributed by atoms with van der Waals surface area (Å²) in [6.07, 6.45) is 4.47. The molecule has 14 heavy (non-hydrogen) atoms. The Kier molecular flexibility index (Phi) is 3.16. The monoisotopic (exact) mass is 212 g/mol. The lowest BCUT2D eigenvalue weighted by Gasteiger charge is -2.20. The van der Waals surface area contributed by atoms with Crippen molar-refractivity contribution >= 4 is 17.4 Å². The smallest absolute Gasteiger partial charge is 0.147 e. The van der Waals surface area contributed by atoms with Crippen molar-refractivity contribution in [1.82, 2.24) is 15.3 Å². The molecule has 1 aliphatic rings. The van der Waals surface area contributed by atoms with Crippen molar-refractivity contribution < 1.29 is 0 Å². The Morgan fingerprint density at radius 3 is 2.93 bits per heavy atom. The van der Waals surface area contributed by atoms with Gasteiger partial charge < -0.3 is 10.2 Å². The Bertz CT molecular complexity index is 279. The molecule has 1 aliphatic heterocycles. The van der Waals surface area contributed by atoms with Crippen LogP contribution in [0.1, 0.15) is 6.42 Å². The maximum Gasteiger partial charge on any atom is 0.147 e. The van der Waals surface area contributed by atoms with Crippen LogP contribution in [0.4, 0.5) is 5.82 Å². The number of aromatic nitrogens is 2. The van der Waals surface area contributed by atoms with Crippen molar-refractivity contribution in [2.75, 3.05) is 31.1 Å². The van der Waals surface area contributed by atoms with Gasteiger partial charge in [0.2, 0.25) is 0 Å². The molecule has 0 spiro atoms. The highest BCUT2D eigenvalue weighted by Crippen LogP contribution is 2.11. The van der Waals surface area contributed by atoms with Crippen molar-refractivity contribution in [1.29, 1.82) is 0 Å². The molecule has 4 nitrogen and oxygen atoms in total. The van der Waals surface area contributed by atoms with E-state index in [0.717, 1.165) is 38.4 Å². The van der Waals surface area contributed by atoms with Crippen LogP contribution in [0.3, 0.4) is 0 Å². The number of nitrogens with zero attached hydrogens (tertiary/aromatic N) is 3. The molecule has 0 atom stereocenters. The van der Waals surface area contributed by atoms with Gasteiger partial charge in [-0.05, 0) is 13.0 Å². The number of hydrogen-bond acceptors (Lipinski definition) is 4. The molecule has 5 heteroatoms. The third kappa shape index (κ3) is 2.33. The van der Waals surface area contributed by atoms with Gasteiger partial charge in [0.1, 0.15) is 11.0 Å². The summed E-state index contributed by atoms with van der Waals surface area (Å²) in [5.74, 6) is 0.915. The fraction of sp³-hybridized carbons (Fsp3) is 0.556. The minimum absolute atomic E-state index is 0.446. The Balaban J connectivity index is 2.08. The van der Waals surface area contributed by atoms with Crippen LogP contribution in [-0.2, 0) is 0 Å². The van der Waals surface area contributed by atoms with Crippen LogP contribution in [0.15, 0.2) is 12.4 Å². The van der Waals surface area contributed by atoms with Gasteiger partial charge in [-0.2, -0.15) is 0 Å². The van der Waals surface area contributed by atoms with Gasteiger partial charge in [0.15, 0.2) is 0 Å². The lowest BCUT2D eigenvalue weighted by atomic mass is 10.4. The summed E-state index contributed by atoms with van der Waals surface area (Å²) in [4.78, 5) is 10.5. The predicted molar refractivity (Wildman–Crippen MR) is 56.7 cm³/mol. The summed E-state index contributed by atoms with van der Waals surface area (Å²) >= 11 is 5.68. The number of rotatable bonds is 1. The van der Waals surface area contributed by atoms with Crippen LogP contribution >= 0.6 is 11.6 Å². The molecular weight excluding hydrogens is 200 g/mol. The van der Waals surface area contributed by atoms with E-state index in [1.807, 2.05) is 0 Å². The molecule has 1 N–H and O–H groups in total. The molecule has 0 aromatic carbocycles. The highest BCUT2D eigenvalue weighted by Gasteiger charge is 2.10. The minimum atomic E-state index is 0.446. The van der Waals surface area contributed by atoms with Crippen LogP contribution in [0.5, 0.6) is 0 Å². The standard InChI is InChI=1S/C9H13ClN4/c10-8-6-13-9(7-12-8)14-4-1-2-11-3-5-14/h6-7,11H,1-5H2.